The highest BCUT2D eigenvalue weighted by Gasteiger charge is 2.44. The van der Waals surface area contributed by atoms with Crippen molar-refractivity contribution < 1.29 is 24.3 Å². The Balaban J connectivity index is 2.64. The maximum Gasteiger partial charge on any atom is 0.314 e. The molecule has 0 aliphatic heterocycles. The number of carboxylic acids is 1. The smallest absolute Gasteiger partial charge is 0.314 e. The maximum atomic E-state index is 13.6. The van der Waals surface area contributed by atoms with Gasteiger partial charge in [0.05, 0.1) is 16.4 Å². The molecule has 1 aliphatic carbocycles. The molecule has 1 saturated carbocycles. The van der Waals surface area contributed by atoms with Gasteiger partial charge in [-0.3, -0.25) is 14.9 Å². The van der Waals surface area contributed by atoms with E-state index in [1.807, 2.05) is 0 Å². The van der Waals surface area contributed by atoms with Crippen LogP contribution in [0.15, 0.2) is 12.1 Å². The minimum absolute atomic E-state index is 0.198. The summed E-state index contributed by atoms with van der Waals surface area (Å²) < 4.78 is 13.6. The standard InChI is InChI=1S/C13H14FNO5/c14-10-7-8(15(19)20)6-9(11(10)16)13(12(17)18)4-2-1-3-5-13/h6-7,16H,1-5H2,(H,17,18). The topological polar surface area (TPSA) is 101 Å². The van der Waals surface area contributed by atoms with E-state index < -0.39 is 33.6 Å². The van der Waals surface area contributed by atoms with Crippen LogP contribution in [0.3, 0.4) is 0 Å². The van der Waals surface area contributed by atoms with Gasteiger partial charge >= 0.3 is 5.97 Å². The number of nitro benzene ring substituents is 1. The number of carboxylic acid groups (broad SMARTS) is 1. The quantitative estimate of drug-likeness (QED) is 0.656. The summed E-state index contributed by atoms with van der Waals surface area (Å²) in [4.78, 5) is 21.6. The van der Waals surface area contributed by atoms with Gasteiger partial charge in [-0.1, -0.05) is 19.3 Å². The van der Waals surface area contributed by atoms with E-state index in [1.54, 1.807) is 0 Å². The molecule has 0 aromatic heterocycles. The zero-order valence-electron chi connectivity index (χ0n) is 10.6. The van der Waals surface area contributed by atoms with Gasteiger partial charge in [0.2, 0.25) is 0 Å². The Labute approximate surface area is 114 Å². The summed E-state index contributed by atoms with van der Waals surface area (Å²) in [5.74, 6) is -3.16. The SMILES string of the molecule is O=C(O)C1(c2cc([N+](=O)[O-])cc(F)c2O)CCCCC1. The van der Waals surface area contributed by atoms with Crippen molar-refractivity contribution in [3.05, 3.63) is 33.6 Å². The molecular weight excluding hydrogens is 269 g/mol. The summed E-state index contributed by atoms with van der Waals surface area (Å²) in [5.41, 5.74) is -2.20. The van der Waals surface area contributed by atoms with Crippen molar-refractivity contribution in [1.82, 2.24) is 0 Å². The predicted molar refractivity (Wildman–Crippen MR) is 67.1 cm³/mol. The number of aromatic hydroxyl groups is 1. The fourth-order valence-electron chi connectivity index (χ4n) is 2.81. The summed E-state index contributed by atoms with van der Waals surface area (Å²) in [6, 6.07) is 1.56. The van der Waals surface area contributed by atoms with E-state index >= 15 is 0 Å². The molecule has 1 aliphatic rings. The van der Waals surface area contributed by atoms with Crippen molar-refractivity contribution in [1.29, 1.82) is 0 Å². The maximum absolute atomic E-state index is 13.6. The Morgan fingerprint density at radius 1 is 1.30 bits per heavy atom. The molecule has 1 aromatic rings. The normalized spacial score (nSPS) is 17.6. The van der Waals surface area contributed by atoms with E-state index in [0.717, 1.165) is 12.5 Å². The van der Waals surface area contributed by atoms with Crippen molar-refractivity contribution in [3.63, 3.8) is 0 Å². The second-order valence-electron chi connectivity index (χ2n) is 5.03. The molecule has 0 atom stereocenters. The van der Waals surface area contributed by atoms with Crippen LogP contribution < -0.4 is 0 Å². The lowest BCUT2D eigenvalue weighted by molar-refractivity contribution is -0.385. The van der Waals surface area contributed by atoms with Gasteiger partial charge in [-0.05, 0) is 12.8 Å². The molecular formula is C13H14FNO5. The summed E-state index contributed by atoms with van der Waals surface area (Å²) in [6.07, 6.45) is 2.56. The van der Waals surface area contributed by atoms with E-state index in [2.05, 4.69) is 0 Å². The molecule has 0 bridgehead atoms. The van der Waals surface area contributed by atoms with Crippen LogP contribution in [0.25, 0.3) is 0 Å². The van der Waals surface area contributed by atoms with Gasteiger partial charge in [-0.25, -0.2) is 4.39 Å². The molecule has 1 aromatic carbocycles. The van der Waals surface area contributed by atoms with Crippen LogP contribution in [-0.4, -0.2) is 21.1 Å². The highest BCUT2D eigenvalue weighted by Crippen LogP contribution is 2.45. The molecule has 20 heavy (non-hydrogen) atoms. The molecule has 0 radical (unpaired) electrons. The van der Waals surface area contributed by atoms with Crippen LogP contribution >= 0.6 is 0 Å². The number of phenols is 1. The molecule has 0 saturated heterocycles. The zero-order valence-corrected chi connectivity index (χ0v) is 10.6. The Bertz CT molecular complexity index is 566. The Kier molecular flexibility index (Phi) is 3.61. The molecule has 0 amide bonds. The van der Waals surface area contributed by atoms with Gasteiger partial charge < -0.3 is 10.2 Å². The van der Waals surface area contributed by atoms with Gasteiger partial charge in [0, 0.05) is 11.6 Å². The van der Waals surface area contributed by atoms with Crippen LogP contribution in [0, 0.1) is 15.9 Å². The van der Waals surface area contributed by atoms with E-state index in [-0.39, 0.29) is 18.4 Å². The van der Waals surface area contributed by atoms with Gasteiger partial charge in [0.15, 0.2) is 11.6 Å². The monoisotopic (exact) mass is 283 g/mol. The lowest BCUT2D eigenvalue weighted by atomic mass is 9.69. The first-order chi connectivity index (χ1) is 9.38. The number of halogens is 1. The zero-order chi connectivity index (χ0) is 14.9. The third kappa shape index (κ3) is 2.19. The van der Waals surface area contributed by atoms with Gasteiger partial charge in [-0.2, -0.15) is 0 Å². The molecule has 6 nitrogen and oxygen atoms in total. The number of aliphatic carboxylic acids is 1. The number of nitrogens with zero attached hydrogens (tertiary/aromatic N) is 1. The van der Waals surface area contributed by atoms with Gasteiger partial charge in [0.1, 0.15) is 0 Å². The number of benzene rings is 1. The fourth-order valence-corrected chi connectivity index (χ4v) is 2.81. The van der Waals surface area contributed by atoms with Crippen molar-refractivity contribution >= 4 is 11.7 Å². The van der Waals surface area contributed by atoms with Crippen LogP contribution in [0.5, 0.6) is 5.75 Å². The third-order valence-corrected chi connectivity index (χ3v) is 3.89. The van der Waals surface area contributed by atoms with Crippen LogP contribution in [0.2, 0.25) is 0 Å². The summed E-state index contributed by atoms with van der Waals surface area (Å²) in [5, 5.41) is 30.1. The van der Waals surface area contributed by atoms with E-state index in [1.165, 1.54) is 0 Å². The molecule has 2 N–H and O–H groups in total. The Hall–Kier alpha value is -2.18. The largest absolute Gasteiger partial charge is 0.505 e. The minimum Gasteiger partial charge on any atom is -0.505 e. The molecule has 108 valence electrons. The molecule has 0 heterocycles. The molecule has 0 unspecified atom stereocenters. The predicted octanol–water partition coefficient (Wildman–Crippen LogP) is 2.73. The Morgan fingerprint density at radius 3 is 2.40 bits per heavy atom. The molecule has 7 heteroatoms. The van der Waals surface area contributed by atoms with Crippen molar-refractivity contribution in [2.45, 2.75) is 37.5 Å². The highest BCUT2D eigenvalue weighted by atomic mass is 19.1. The van der Waals surface area contributed by atoms with E-state index in [0.29, 0.717) is 18.9 Å². The third-order valence-electron chi connectivity index (χ3n) is 3.89. The van der Waals surface area contributed by atoms with Gasteiger partial charge in [-0.15, -0.1) is 0 Å². The second-order valence-corrected chi connectivity index (χ2v) is 5.03. The van der Waals surface area contributed by atoms with E-state index in [4.69, 9.17) is 0 Å². The summed E-state index contributed by atoms with van der Waals surface area (Å²) in [7, 11) is 0. The van der Waals surface area contributed by atoms with Crippen molar-refractivity contribution in [2.75, 3.05) is 0 Å². The number of non-ortho nitro benzene ring substituents is 1. The number of rotatable bonds is 3. The second kappa shape index (κ2) is 5.07. The number of hydrogen-bond acceptors (Lipinski definition) is 4. The number of nitro groups is 1. The first kappa shape index (κ1) is 14.2. The highest BCUT2D eigenvalue weighted by molar-refractivity contribution is 5.83. The average Bonchev–Trinajstić information content (AvgIpc) is 2.42. The summed E-state index contributed by atoms with van der Waals surface area (Å²) in [6.45, 7) is 0. The average molecular weight is 283 g/mol. The van der Waals surface area contributed by atoms with E-state index in [9.17, 15) is 29.5 Å². The fraction of sp³-hybridized carbons (Fsp3) is 0.462. The molecule has 2 rings (SSSR count). The first-order valence-electron chi connectivity index (χ1n) is 6.29. The number of phenolic OH excluding ortho intramolecular Hbond substituents is 1. The van der Waals surface area contributed by atoms with Crippen molar-refractivity contribution in [2.24, 2.45) is 0 Å². The van der Waals surface area contributed by atoms with Crippen LogP contribution in [0.1, 0.15) is 37.7 Å². The molecule has 1 fully saturated rings. The number of carbonyl (C=O) groups is 1. The van der Waals surface area contributed by atoms with Gasteiger partial charge in [0.25, 0.3) is 5.69 Å². The van der Waals surface area contributed by atoms with Crippen molar-refractivity contribution in [3.8, 4) is 5.75 Å². The van der Waals surface area contributed by atoms with Crippen LogP contribution in [0.4, 0.5) is 10.1 Å². The summed E-state index contributed by atoms with van der Waals surface area (Å²) >= 11 is 0. The lowest BCUT2D eigenvalue weighted by Crippen LogP contribution is -2.38. The Morgan fingerprint density at radius 2 is 1.90 bits per heavy atom. The first-order valence-corrected chi connectivity index (χ1v) is 6.29. The number of hydrogen-bond donors (Lipinski definition) is 2. The lowest BCUT2D eigenvalue weighted by Gasteiger charge is -2.33. The van der Waals surface area contributed by atoms with Crippen LogP contribution in [-0.2, 0) is 10.2 Å². The minimum atomic E-state index is -1.45. The molecule has 0 spiro atoms.